The summed E-state index contributed by atoms with van der Waals surface area (Å²) in [6.07, 6.45) is 6.60. The molecule has 1 heterocycles. The van der Waals surface area contributed by atoms with Crippen molar-refractivity contribution in [2.24, 2.45) is 0 Å². The van der Waals surface area contributed by atoms with Gasteiger partial charge in [-0.25, -0.2) is 4.68 Å². The Hall–Kier alpha value is -4.39. The number of aromatic nitrogens is 2. The quantitative estimate of drug-likeness (QED) is 0.168. The Labute approximate surface area is 243 Å². The number of nitrogens with zero attached hydrogens (tertiary/aromatic N) is 3. The van der Waals surface area contributed by atoms with Gasteiger partial charge in [-0.15, -0.1) is 0 Å². The van der Waals surface area contributed by atoms with Gasteiger partial charge in [-0.05, 0) is 61.2 Å². The highest BCUT2D eigenvalue weighted by Gasteiger charge is 2.20. The molecule has 214 valence electrons. The maximum atomic E-state index is 13.4. The van der Waals surface area contributed by atoms with E-state index in [2.05, 4.69) is 12.2 Å². The Morgan fingerprint density at radius 1 is 0.878 bits per heavy atom. The number of anilines is 1. The van der Waals surface area contributed by atoms with Crippen LogP contribution in [0.15, 0.2) is 84.9 Å². The van der Waals surface area contributed by atoms with E-state index in [0.29, 0.717) is 17.9 Å². The number of benzene rings is 3. The zero-order valence-electron chi connectivity index (χ0n) is 24.3. The summed E-state index contributed by atoms with van der Waals surface area (Å²) in [5.74, 6) is 0.824. The Bertz CT molecular complexity index is 1400. The van der Waals surface area contributed by atoms with Crippen molar-refractivity contribution in [2.75, 3.05) is 25.5 Å². The van der Waals surface area contributed by atoms with Crippen LogP contribution >= 0.6 is 0 Å². The molecule has 0 aliphatic rings. The lowest BCUT2D eigenvalue weighted by atomic mass is 10.0. The maximum Gasteiger partial charge on any atom is 0.254 e. The molecular formula is C34H40N4O3. The average Bonchev–Trinajstić information content (AvgIpc) is 3.43. The van der Waals surface area contributed by atoms with E-state index in [9.17, 15) is 9.59 Å². The van der Waals surface area contributed by atoms with Gasteiger partial charge in [0.25, 0.3) is 5.91 Å². The molecule has 0 bridgehead atoms. The first-order chi connectivity index (χ1) is 20.0. The van der Waals surface area contributed by atoms with Crippen molar-refractivity contribution in [2.45, 2.75) is 52.4 Å². The molecule has 1 aromatic heterocycles. The van der Waals surface area contributed by atoms with Gasteiger partial charge < -0.3 is 15.0 Å². The molecule has 0 saturated heterocycles. The Morgan fingerprint density at radius 2 is 1.61 bits per heavy atom. The third-order valence-electron chi connectivity index (χ3n) is 7.00. The van der Waals surface area contributed by atoms with Crippen molar-refractivity contribution in [3.63, 3.8) is 0 Å². The molecule has 3 aromatic carbocycles. The van der Waals surface area contributed by atoms with Crippen molar-refractivity contribution < 1.29 is 14.3 Å². The molecule has 7 nitrogen and oxygen atoms in total. The molecule has 0 spiro atoms. The summed E-state index contributed by atoms with van der Waals surface area (Å²) in [4.78, 5) is 28.3. The van der Waals surface area contributed by atoms with Crippen molar-refractivity contribution in [3.8, 4) is 22.7 Å². The normalized spacial score (nSPS) is 10.8. The van der Waals surface area contributed by atoms with Gasteiger partial charge in [-0.2, -0.15) is 5.10 Å². The van der Waals surface area contributed by atoms with Crippen LogP contribution in [0.3, 0.4) is 0 Å². The molecular weight excluding hydrogens is 512 g/mol. The largest absolute Gasteiger partial charge is 0.497 e. The molecule has 41 heavy (non-hydrogen) atoms. The topological polar surface area (TPSA) is 76.5 Å². The van der Waals surface area contributed by atoms with E-state index in [1.54, 1.807) is 16.7 Å². The number of nitrogens with one attached hydrogen (secondary N) is 1. The summed E-state index contributed by atoms with van der Waals surface area (Å²) in [6.45, 7) is 4.64. The number of methoxy groups -OCH3 is 1. The molecule has 4 rings (SSSR count). The van der Waals surface area contributed by atoms with Gasteiger partial charge in [0, 0.05) is 23.7 Å². The Morgan fingerprint density at radius 3 is 2.27 bits per heavy atom. The molecule has 7 heteroatoms. The summed E-state index contributed by atoms with van der Waals surface area (Å²) in [5, 5.41) is 7.78. The molecule has 2 amide bonds. The first kappa shape index (κ1) is 29.6. The molecule has 0 aliphatic carbocycles. The van der Waals surface area contributed by atoms with Crippen LogP contribution in [0.25, 0.3) is 16.9 Å². The van der Waals surface area contributed by atoms with Gasteiger partial charge in [-0.1, -0.05) is 75.6 Å². The molecule has 0 unspecified atom stereocenters. The first-order valence-corrected chi connectivity index (χ1v) is 14.5. The summed E-state index contributed by atoms with van der Waals surface area (Å²) in [5.41, 5.74) is 4.27. The van der Waals surface area contributed by atoms with Gasteiger partial charge in [0.2, 0.25) is 5.91 Å². The summed E-state index contributed by atoms with van der Waals surface area (Å²) in [6, 6.07) is 26.9. The van der Waals surface area contributed by atoms with E-state index in [-0.39, 0.29) is 18.4 Å². The predicted octanol–water partition coefficient (Wildman–Crippen LogP) is 7.16. The van der Waals surface area contributed by atoms with Gasteiger partial charge in [0.15, 0.2) is 0 Å². The van der Waals surface area contributed by atoms with Crippen LogP contribution in [0.2, 0.25) is 0 Å². The Kier molecular flexibility index (Phi) is 10.7. The van der Waals surface area contributed by atoms with E-state index in [1.807, 2.05) is 91.9 Å². The SMILES string of the molecule is CCCCCCc1ccc(C(=O)N(CCC)CC(=O)Nc2cc(-c3ccccc3)nn2-c2ccc(OC)cc2)cc1. The minimum atomic E-state index is -0.284. The number of amides is 2. The van der Waals surface area contributed by atoms with Crippen LogP contribution in [-0.2, 0) is 11.2 Å². The second-order valence-corrected chi connectivity index (χ2v) is 10.2. The van der Waals surface area contributed by atoms with Crippen molar-refractivity contribution >= 4 is 17.6 Å². The number of carbonyl (C=O) groups is 2. The van der Waals surface area contributed by atoms with E-state index in [4.69, 9.17) is 9.84 Å². The number of aryl methyl sites for hydroxylation is 1. The van der Waals surface area contributed by atoms with E-state index in [0.717, 1.165) is 42.0 Å². The van der Waals surface area contributed by atoms with Crippen LogP contribution in [0.1, 0.15) is 61.9 Å². The zero-order chi connectivity index (χ0) is 29.0. The molecule has 0 fully saturated rings. The van der Waals surface area contributed by atoms with Crippen LogP contribution in [0, 0.1) is 0 Å². The van der Waals surface area contributed by atoms with Crippen molar-refractivity contribution in [3.05, 3.63) is 96.1 Å². The van der Waals surface area contributed by atoms with Gasteiger partial charge in [-0.3, -0.25) is 9.59 Å². The van der Waals surface area contributed by atoms with Gasteiger partial charge in [0.1, 0.15) is 18.1 Å². The number of hydrogen-bond acceptors (Lipinski definition) is 4. The zero-order valence-corrected chi connectivity index (χ0v) is 24.3. The number of hydrogen-bond donors (Lipinski definition) is 1. The fraction of sp³-hybridized carbons (Fsp3) is 0.324. The molecule has 0 aliphatic heterocycles. The highest BCUT2D eigenvalue weighted by molar-refractivity contribution is 5.99. The summed E-state index contributed by atoms with van der Waals surface area (Å²) < 4.78 is 6.99. The summed E-state index contributed by atoms with van der Waals surface area (Å²) in [7, 11) is 1.62. The van der Waals surface area contributed by atoms with E-state index in [1.165, 1.54) is 24.8 Å². The highest BCUT2D eigenvalue weighted by Crippen LogP contribution is 2.26. The van der Waals surface area contributed by atoms with Gasteiger partial charge >= 0.3 is 0 Å². The lowest BCUT2D eigenvalue weighted by Gasteiger charge is -2.22. The van der Waals surface area contributed by atoms with Crippen LogP contribution in [0.5, 0.6) is 5.75 Å². The predicted molar refractivity (Wildman–Crippen MR) is 165 cm³/mol. The van der Waals surface area contributed by atoms with E-state index >= 15 is 0 Å². The lowest BCUT2D eigenvalue weighted by molar-refractivity contribution is -0.116. The molecule has 4 aromatic rings. The molecule has 0 radical (unpaired) electrons. The van der Waals surface area contributed by atoms with Crippen molar-refractivity contribution in [1.29, 1.82) is 0 Å². The second-order valence-electron chi connectivity index (χ2n) is 10.2. The Balaban J connectivity index is 1.50. The third kappa shape index (κ3) is 8.07. The van der Waals surface area contributed by atoms with Gasteiger partial charge in [0.05, 0.1) is 18.5 Å². The maximum absolute atomic E-state index is 13.4. The number of ether oxygens (including phenoxy) is 1. The fourth-order valence-corrected chi connectivity index (χ4v) is 4.77. The monoisotopic (exact) mass is 552 g/mol. The average molecular weight is 553 g/mol. The highest BCUT2D eigenvalue weighted by atomic mass is 16.5. The van der Waals surface area contributed by atoms with E-state index < -0.39 is 0 Å². The minimum absolute atomic E-state index is 0.0556. The minimum Gasteiger partial charge on any atom is -0.497 e. The van der Waals surface area contributed by atoms with Crippen molar-refractivity contribution in [1.82, 2.24) is 14.7 Å². The second kappa shape index (κ2) is 14.8. The first-order valence-electron chi connectivity index (χ1n) is 14.5. The molecule has 1 N–H and O–H groups in total. The smallest absolute Gasteiger partial charge is 0.254 e. The number of unbranched alkanes of at least 4 members (excludes halogenated alkanes) is 3. The number of carbonyl (C=O) groups excluding carboxylic acids is 2. The van der Waals surface area contributed by atoms with Crippen LogP contribution < -0.4 is 10.1 Å². The fourth-order valence-electron chi connectivity index (χ4n) is 4.77. The number of rotatable bonds is 14. The standard InChI is InChI=1S/C34H40N4O3/c1-4-6-7-9-12-26-15-17-28(18-16-26)34(40)37(23-5-2)25-33(39)35-32-24-31(27-13-10-8-11-14-27)36-38(32)29-19-21-30(41-3)22-20-29/h8,10-11,13-22,24H,4-7,9,12,23,25H2,1-3H3,(H,35,39). The molecule has 0 atom stereocenters. The van der Waals surface area contributed by atoms with Crippen LogP contribution in [-0.4, -0.2) is 46.7 Å². The van der Waals surface area contributed by atoms with Crippen LogP contribution in [0.4, 0.5) is 5.82 Å². The lowest BCUT2D eigenvalue weighted by Crippen LogP contribution is -2.38. The third-order valence-corrected chi connectivity index (χ3v) is 7.00. The molecule has 0 saturated carbocycles. The summed E-state index contributed by atoms with van der Waals surface area (Å²) >= 11 is 0.